The van der Waals surface area contributed by atoms with Crippen LogP contribution in [0.3, 0.4) is 0 Å². The number of nitrogens with one attached hydrogen (secondary N) is 1. The largest absolute Gasteiger partial charge is 0.472 e. The molecule has 9 heteroatoms. The van der Waals surface area contributed by atoms with Gasteiger partial charge in [0.2, 0.25) is 5.91 Å². The highest BCUT2D eigenvalue weighted by atomic mass is 31.2. The van der Waals surface area contributed by atoms with Crippen molar-refractivity contribution < 1.29 is 32.9 Å². The van der Waals surface area contributed by atoms with Crippen LogP contribution in [0.25, 0.3) is 0 Å². The van der Waals surface area contributed by atoms with Gasteiger partial charge in [-0.25, -0.2) is 4.57 Å². The monoisotopic (exact) mass is 1260 g/mol. The van der Waals surface area contributed by atoms with Gasteiger partial charge in [0.15, 0.2) is 0 Å². The van der Waals surface area contributed by atoms with Crippen LogP contribution in [-0.2, 0) is 18.4 Å². The minimum absolute atomic E-state index is 0.0631. The zero-order chi connectivity index (χ0) is 64.1. The molecule has 0 aliphatic carbocycles. The number of rotatable bonds is 73. The molecule has 1 amide bonds. The summed E-state index contributed by atoms with van der Waals surface area (Å²) in [5, 5.41) is 14.1. The van der Waals surface area contributed by atoms with Gasteiger partial charge < -0.3 is 19.8 Å². The van der Waals surface area contributed by atoms with Gasteiger partial charge in [0.05, 0.1) is 39.9 Å². The maximum Gasteiger partial charge on any atom is 0.472 e. The standard InChI is InChI=1S/C79H153N2O6P/c1-6-8-10-12-14-16-18-20-22-24-26-28-30-32-34-36-38-39-40-41-43-45-47-49-51-53-55-57-59-61-63-65-67-69-71-73-79(83)80-77(76-87-88(84,85)86-75-74-81(3,4)5)78(82)72-70-68-66-64-62-60-58-56-54-52-50-48-46-44-42-37-35-33-31-29-27-25-23-21-19-17-15-13-11-9-7-2/h18,20,24,26,30,32,70,72,77-78,82H,6-17,19,21-23,25,27-29,31,33-69,71,73-76H2,1-5H3,(H-,80,83,84,85)/p+1/b20-18-,26-24-,32-30-,72-70+. The number of amides is 1. The second kappa shape index (κ2) is 69.8. The van der Waals surface area contributed by atoms with E-state index < -0.39 is 20.0 Å². The Labute approximate surface area is 549 Å². The molecule has 0 aromatic heterocycles. The Hall–Kier alpha value is -1.54. The van der Waals surface area contributed by atoms with Crippen molar-refractivity contribution in [2.24, 2.45) is 0 Å². The fourth-order valence-electron chi connectivity index (χ4n) is 12.0. The predicted molar refractivity (Wildman–Crippen MR) is 387 cm³/mol. The van der Waals surface area contributed by atoms with E-state index in [1.54, 1.807) is 6.08 Å². The Balaban J connectivity index is 3.98. The summed E-state index contributed by atoms with van der Waals surface area (Å²) in [7, 11) is 1.59. The van der Waals surface area contributed by atoms with Crippen LogP contribution in [0.4, 0.5) is 0 Å². The number of nitrogens with zero attached hydrogens (tertiary/aromatic N) is 1. The molecular weight excluding hydrogens is 1100 g/mol. The van der Waals surface area contributed by atoms with E-state index in [1.165, 1.54) is 334 Å². The zero-order valence-electron chi connectivity index (χ0n) is 59.7. The van der Waals surface area contributed by atoms with Gasteiger partial charge in [-0.15, -0.1) is 0 Å². The molecule has 88 heavy (non-hydrogen) atoms. The number of phosphoric acid groups is 1. The molecule has 0 aromatic carbocycles. The molecule has 0 heterocycles. The molecule has 0 fully saturated rings. The van der Waals surface area contributed by atoms with Crippen molar-refractivity contribution in [3.63, 3.8) is 0 Å². The van der Waals surface area contributed by atoms with Crippen LogP contribution in [0.15, 0.2) is 48.6 Å². The first-order valence-corrected chi connectivity index (χ1v) is 40.5. The van der Waals surface area contributed by atoms with Gasteiger partial charge in [0.25, 0.3) is 0 Å². The number of allylic oxidation sites excluding steroid dienone is 7. The maximum absolute atomic E-state index is 13.1. The minimum Gasteiger partial charge on any atom is -0.387 e. The fraction of sp³-hybridized carbons (Fsp3) is 0.886. The third kappa shape index (κ3) is 71.9. The summed E-state index contributed by atoms with van der Waals surface area (Å²) in [4.78, 5) is 23.5. The molecule has 0 rings (SSSR count). The summed E-state index contributed by atoms with van der Waals surface area (Å²) in [5.41, 5.74) is 0. The van der Waals surface area contributed by atoms with Gasteiger partial charge in [0, 0.05) is 6.42 Å². The van der Waals surface area contributed by atoms with E-state index in [0.717, 1.165) is 44.9 Å². The Kier molecular flexibility index (Phi) is 68.6. The molecule has 0 saturated carbocycles. The number of carbonyl (C=O) groups is 1. The maximum atomic E-state index is 13.1. The summed E-state index contributed by atoms with van der Waals surface area (Å²) in [6.45, 7) is 4.87. The molecule has 0 aliphatic heterocycles. The molecule has 0 bridgehead atoms. The summed E-state index contributed by atoms with van der Waals surface area (Å²) in [6.07, 6.45) is 95.8. The molecule has 3 unspecified atom stereocenters. The average molecular weight is 1260 g/mol. The smallest absolute Gasteiger partial charge is 0.387 e. The molecule has 3 N–H and O–H groups in total. The first kappa shape index (κ1) is 86.5. The van der Waals surface area contributed by atoms with Gasteiger partial charge in [0.1, 0.15) is 13.2 Å². The van der Waals surface area contributed by atoms with Crippen LogP contribution >= 0.6 is 7.82 Å². The van der Waals surface area contributed by atoms with E-state index in [1.807, 2.05) is 27.2 Å². The van der Waals surface area contributed by atoms with Crippen molar-refractivity contribution in [2.75, 3.05) is 40.9 Å². The van der Waals surface area contributed by atoms with Crippen molar-refractivity contribution in [2.45, 2.75) is 411 Å². The molecule has 8 nitrogen and oxygen atoms in total. The highest BCUT2D eigenvalue weighted by Crippen LogP contribution is 2.43. The quantitative estimate of drug-likeness (QED) is 0.0243. The molecule has 0 aliphatic rings. The van der Waals surface area contributed by atoms with Gasteiger partial charge in [-0.05, 0) is 57.8 Å². The number of quaternary nitrogens is 1. The van der Waals surface area contributed by atoms with Gasteiger partial charge in [-0.1, -0.05) is 383 Å². The van der Waals surface area contributed by atoms with Crippen molar-refractivity contribution in [3.05, 3.63) is 48.6 Å². The summed E-state index contributed by atoms with van der Waals surface area (Å²) in [6, 6.07) is -0.848. The van der Waals surface area contributed by atoms with Crippen molar-refractivity contribution >= 4 is 13.7 Å². The Bertz CT molecular complexity index is 1580. The zero-order valence-corrected chi connectivity index (χ0v) is 60.6. The second-order valence-corrected chi connectivity index (χ2v) is 29.5. The topological polar surface area (TPSA) is 105 Å². The number of unbranched alkanes of at least 4 members (excludes halogenated alkanes) is 54. The van der Waals surface area contributed by atoms with Gasteiger partial charge in [-0.3, -0.25) is 13.8 Å². The lowest BCUT2D eigenvalue weighted by Crippen LogP contribution is -2.45. The molecule has 520 valence electrons. The summed E-state index contributed by atoms with van der Waals surface area (Å²) >= 11 is 0. The average Bonchev–Trinajstić information content (AvgIpc) is 3.64. The number of aliphatic hydroxyl groups excluding tert-OH is 1. The molecule has 0 aromatic rings. The van der Waals surface area contributed by atoms with Crippen molar-refractivity contribution in [1.29, 1.82) is 0 Å². The van der Waals surface area contributed by atoms with E-state index in [0.29, 0.717) is 17.4 Å². The molecular formula is C79H154N2O6P+. The molecule has 0 radical (unpaired) electrons. The van der Waals surface area contributed by atoms with E-state index in [2.05, 4.69) is 55.6 Å². The molecule has 0 saturated heterocycles. The highest BCUT2D eigenvalue weighted by molar-refractivity contribution is 7.47. The van der Waals surface area contributed by atoms with Crippen LogP contribution in [0.2, 0.25) is 0 Å². The number of likely N-dealkylation sites (N-methyl/N-ethyl adjacent to an activating group) is 1. The first-order chi connectivity index (χ1) is 43.0. The van der Waals surface area contributed by atoms with E-state index >= 15 is 0 Å². The Morgan fingerprint density at radius 3 is 0.943 bits per heavy atom. The Morgan fingerprint density at radius 1 is 0.386 bits per heavy atom. The predicted octanol–water partition coefficient (Wildman–Crippen LogP) is 25.3. The van der Waals surface area contributed by atoms with Crippen molar-refractivity contribution in [1.82, 2.24) is 5.32 Å². The number of carbonyl (C=O) groups excluding carboxylic acids is 1. The van der Waals surface area contributed by atoms with Gasteiger partial charge >= 0.3 is 7.82 Å². The first-order valence-electron chi connectivity index (χ1n) is 39.0. The number of aliphatic hydroxyl groups is 1. The second-order valence-electron chi connectivity index (χ2n) is 28.1. The number of phosphoric ester groups is 1. The lowest BCUT2D eigenvalue weighted by molar-refractivity contribution is -0.870. The Morgan fingerprint density at radius 2 is 0.648 bits per heavy atom. The molecule has 3 atom stereocenters. The van der Waals surface area contributed by atoms with Crippen LogP contribution in [0, 0.1) is 0 Å². The van der Waals surface area contributed by atoms with E-state index in [4.69, 9.17) is 9.05 Å². The van der Waals surface area contributed by atoms with Gasteiger partial charge in [-0.2, -0.15) is 0 Å². The lowest BCUT2D eigenvalue weighted by atomic mass is 10.0. The van der Waals surface area contributed by atoms with E-state index in [9.17, 15) is 19.4 Å². The SMILES string of the molecule is CCCCCCC/C=C\C/C=C\C/C=C\CCCCCCCCCCCCCCCCCCCCCCC(=O)NC(COP(=O)(O)OCC[N+](C)(C)C)C(O)/C=C/CCCCCCCCCCCCCCCCCCCCCCCCCCCCCCC. The summed E-state index contributed by atoms with van der Waals surface area (Å²) < 4.78 is 23.9. The van der Waals surface area contributed by atoms with Crippen molar-refractivity contribution in [3.8, 4) is 0 Å². The van der Waals surface area contributed by atoms with E-state index in [-0.39, 0.29) is 19.1 Å². The van der Waals surface area contributed by atoms with Crippen LogP contribution in [-0.4, -0.2) is 73.4 Å². The third-order valence-corrected chi connectivity index (χ3v) is 19.0. The van der Waals surface area contributed by atoms with Crippen LogP contribution in [0.5, 0.6) is 0 Å². The normalized spacial score (nSPS) is 13.8. The summed E-state index contributed by atoms with van der Waals surface area (Å²) in [5.74, 6) is -0.169. The fourth-order valence-corrected chi connectivity index (χ4v) is 12.7. The lowest BCUT2D eigenvalue weighted by Gasteiger charge is -2.25. The van der Waals surface area contributed by atoms with Crippen LogP contribution < -0.4 is 5.32 Å². The highest BCUT2D eigenvalue weighted by Gasteiger charge is 2.28. The third-order valence-electron chi connectivity index (χ3n) is 18.0. The van der Waals surface area contributed by atoms with Crippen LogP contribution in [0.1, 0.15) is 399 Å². The number of hydrogen-bond acceptors (Lipinski definition) is 5. The molecule has 0 spiro atoms. The minimum atomic E-state index is -4.36. The number of hydrogen-bond donors (Lipinski definition) is 3.